The van der Waals surface area contributed by atoms with Gasteiger partial charge in [0.2, 0.25) is 5.95 Å². The molecule has 3 aromatic rings. The number of aliphatic hydroxyl groups is 3. The Bertz CT molecular complexity index is 1150. The lowest BCUT2D eigenvalue weighted by Gasteiger charge is -2.18. The molecule has 1 aromatic carbocycles. The van der Waals surface area contributed by atoms with Crippen LogP contribution < -0.4 is 20.6 Å². The Kier molecular flexibility index (Phi) is 6.55. The van der Waals surface area contributed by atoms with Crippen LogP contribution in [0, 0.1) is 0 Å². The molecule has 0 aliphatic carbocycles. The quantitative estimate of drug-likeness (QED) is 0.223. The Morgan fingerprint density at radius 2 is 2.09 bits per heavy atom. The van der Waals surface area contributed by atoms with Gasteiger partial charge >= 0.3 is 0 Å². The summed E-state index contributed by atoms with van der Waals surface area (Å²) in [5.74, 6) is 1.43. The zero-order chi connectivity index (χ0) is 23.5. The zero-order valence-electron chi connectivity index (χ0n) is 18.0. The summed E-state index contributed by atoms with van der Waals surface area (Å²) < 4.78 is 17.9. The molecular formula is C20H25N7O6. The smallest absolute Gasteiger partial charge is 0.228 e. The van der Waals surface area contributed by atoms with Crippen LogP contribution in [-0.2, 0) is 4.74 Å². The molecule has 2 aromatic heterocycles. The van der Waals surface area contributed by atoms with Crippen molar-refractivity contribution in [3.8, 4) is 11.5 Å². The normalized spacial score (nSPS) is 22.8. The summed E-state index contributed by atoms with van der Waals surface area (Å²) in [7, 11) is 1.55. The van der Waals surface area contributed by atoms with E-state index in [2.05, 4.69) is 25.5 Å². The van der Waals surface area contributed by atoms with Crippen molar-refractivity contribution >= 4 is 29.1 Å². The van der Waals surface area contributed by atoms with Crippen molar-refractivity contribution in [2.45, 2.75) is 31.5 Å². The lowest BCUT2D eigenvalue weighted by atomic mass is 10.1. The van der Waals surface area contributed by atoms with Crippen molar-refractivity contribution < 1.29 is 29.5 Å². The largest absolute Gasteiger partial charge is 0.493 e. The summed E-state index contributed by atoms with van der Waals surface area (Å²) in [6, 6.07) is 5.33. The van der Waals surface area contributed by atoms with Crippen molar-refractivity contribution in [1.82, 2.24) is 19.5 Å². The number of hydrogen-bond donors (Lipinski definition) is 5. The minimum Gasteiger partial charge on any atom is -0.493 e. The van der Waals surface area contributed by atoms with Gasteiger partial charge in [0.05, 0.1) is 26.5 Å². The van der Waals surface area contributed by atoms with Gasteiger partial charge in [-0.1, -0.05) is 0 Å². The van der Waals surface area contributed by atoms with Crippen LogP contribution >= 0.6 is 0 Å². The van der Waals surface area contributed by atoms with Crippen LogP contribution in [0.1, 0.15) is 18.7 Å². The number of fused-ring (bicyclic) bond motifs is 1. The first-order valence-corrected chi connectivity index (χ1v) is 10.2. The monoisotopic (exact) mass is 459 g/mol. The van der Waals surface area contributed by atoms with E-state index in [1.165, 1.54) is 17.1 Å². The maximum Gasteiger partial charge on any atom is 0.228 e. The Balaban J connectivity index is 1.66. The molecule has 4 rings (SSSR count). The molecule has 0 amide bonds. The van der Waals surface area contributed by atoms with E-state index in [1.807, 2.05) is 6.92 Å². The van der Waals surface area contributed by atoms with Crippen molar-refractivity contribution in [2.24, 2.45) is 5.10 Å². The van der Waals surface area contributed by atoms with Crippen molar-refractivity contribution in [1.29, 1.82) is 0 Å². The summed E-state index contributed by atoms with van der Waals surface area (Å²) >= 11 is 0. The van der Waals surface area contributed by atoms with E-state index in [1.54, 1.807) is 25.3 Å². The van der Waals surface area contributed by atoms with Gasteiger partial charge < -0.3 is 35.3 Å². The Morgan fingerprint density at radius 1 is 1.27 bits per heavy atom. The number of hydrogen-bond acceptors (Lipinski definition) is 12. The highest BCUT2D eigenvalue weighted by molar-refractivity contribution is 5.85. The molecule has 13 nitrogen and oxygen atoms in total. The molecule has 0 spiro atoms. The standard InChI is InChI=1S/C20H25N7O6/c1-3-32-11-5-4-10(6-12(11)31-2)7-24-26-20-25-14-17(21)22-9-23-18(14)27(20)19-16(30)15(29)13(8-28)33-19/h4-7,9,13,15-16,19,28-30H,3,8H2,1-2H3,(H,25,26)(H2,21,22,23). The minimum absolute atomic E-state index is 0.119. The van der Waals surface area contributed by atoms with E-state index in [9.17, 15) is 15.3 Å². The lowest BCUT2D eigenvalue weighted by Crippen LogP contribution is -2.33. The first-order valence-electron chi connectivity index (χ1n) is 10.2. The van der Waals surface area contributed by atoms with Crippen LogP contribution in [0.5, 0.6) is 11.5 Å². The van der Waals surface area contributed by atoms with E-state index in [-0.39, 0.29) is 22.9 Å². The molecule has 1 aliphatic rings. The number of benzene rings is 1. The number of aliphatic hydroxyl groups excluding tert-OH is 3. The second-order valence-corrected chi connectivity index (χ2v) is 7.18. The highest BCUT2D eigenvalue weighted by Crippen LogP contribution is 2.35. The number of rotatable bonds is 8. The van der Waals surface area contributed by atoms with Crippen LogP contribution in [-0.4, -0.2) is 79.7 Å². The molecule has 0 bridgehead atoms. The van der Waals surface area contributed by atoms with Gasteiger partial charge in [0.1, 0.15) is 24.6 Å². The Morgan fingerprint density at radius 3 is 2.79 bits per heavy atom. The molecule has 0 radical (unpaired) electrons. The molecule has 4 unspecified atom stereocenters. The van der Waals surface area contributed by atoms with Gasteiger partial charge in [-0.05, 0) is 30.7 Å². The van der Waals surface area contributed by atoms with Gasteiger partial charge in [-0.3, -0.25) is 4.57 Å². The third kappa shape index (κ3) is 4.26. The predicted molar refractivity (Wildman–Crippen MR) is 118 cm³/mol. The van der Waals surface area contributed by atoms with Gasteiger partial charge in [0.15, 0.2) is 34.7 Å². The first kappa shape index (κ1) is 22.7. The number of ether oxygens (including phenoxy) is 3. The van der Waals surface area contributed by atoms with Gasteiger partial charge in [0.25, 0.3) is 0 Å². The topological polar surface area (TPSA) is 182 Å². The number of methoxy groups -OCH3 is 1. The Labute approximate surface area is 188 Å². The number of nitrogens with zero attached hydrogens (tertiary/aromatic N) is 5. The highest BCUT2D eigenvalue weighted by atomic mass is 16.6. The molecule has 1 saturated heterocycles. The fourth-order valence-electron chi connectivity index (χ4n) is 3.54. The van der Waals surface area contributed by atoms with Crippen LogP contribution in [0.2, 0.25) is 0 Å². The number of imidazole rings is 1. The molecule has 6 N–H and O–H groups in total. The molecule has 4 atom stereocenters. The fraction of sp³-hybridized carbons (Fsp3) is 0.400. The number of nitrogen functional groups attached to an aromatic ring is 1. The maximum atomic E-state index is 10.5. The minimum atomic E-state index is -1.35. The van der Waals surface area contributed by atoms with Crippen LogP contribution in [0.4, 0.5) is 11.8 Å². The van der Waals surface area contributed by atoms with E-state index in [0.29, 0.717) is 18.1 Å². The molecule has 1 aliphatic heterocycles. The van der Waals surface area contributed by atoms with E-state index < -0.39 is 31.1 Å². The van der Waals surface area contributed by atoms with E-state index >= 15 is 0 Å². The van der Waals surface area contributed by atoms with Crippen molar-refractivity contribution in [3.63, 3.8) is 0 Å². The number of hydrazone groups is 1. The molecule has 33 heavy (non-hydrogen) atoms. The SMILES string of the molecule is CCOc1ccc(C=NNc2nc3c(N)ncnc3n2C2OC(CO)C(O)C2O)cc1OC. The molecule has 3 heterocycles. The van der Waals surface area contributed by atoms with E-state index in [0.717, 1.165) is 5.56 Å². The number of nitrogens with two attached hydrogens (primary N) is 1. The third-order valence-electron chi connectivity index (χ3n) is 5.14. The van der Waals surface area contributed by atoms with Crippen molar-refractivity contribution in [2.75, 3.05) is 31.5 Å². The Hall–Kier alpha value is -3.52. The van der Waals surface area contributed by atoms with Crippen molar-refractivity contribution in [3.05, 3.63) is 30.1 Å². The summed E-state index contributed by atoms with van der Waals surface area (Å²) in [6.07, 6.45) is -1.95. The molecule has 176 valence electrons. The third-order valence-corrected chi connectivity index (χ3v) is 5.14. The zero-order valence-corrected chi connectivity index (χ0v) is 18.0. The fourth-order valence-corrected chi connectivity index (χ4v) is 3.54. The van der Waals surface area contributed by atoms with Crippen LogP contribution in [0.3, 0.4) is 0 Å². The average Bonchev–Trinajstić information content (AvgIpc) is 3.32. The van der Waals surface area contributed by atoms with Crippen LogP contribution in [0.25, 0.3) is 11.2 Å². The predicted octanol–water partition coefficient (Wildman–Crippen LogP) is -0.127. The van der Waals surface area contributed by atoms with Gasteiger partial charge in [0, 0.05) is 0 Å². The summed E-state index contributed by atoms with van der Waals surface area (Å²) in [6.45, 7) is 1.92. The summed E-state index contributed by atoms with van der Waals surface area (Å²) in [4.78, 5) is 12.5. The number of anilines is 2. The van der Waals surface area contributed by atoms with Gasteiger partial charge in [-0.25, -0.2) is 20.4 Å². The van der Waals surface area contributed by atoms with Crippen LogP contribution in [0.15, 0.2) is 29.6 Å². The molecule has 0 saturated carbocycles. The van der Waals surface area contributed by atoms with Gasteiger partial charge in [-0.2, -0.15) is 5.10 Å². The lowest BCUT2D eigenvalue weighted by molar-refractivity contribution is -0.0501. The highest BCUT2D eigenvalue weighted by Gasteiger charge is 2.45. The number of nitrogens with one attached hydrogen (secondary N) is 1. The second kappa shape index (κ2) is 9.54. The first-order chi connectivity index (χ1) is 16.0. The molecular weight excluding hydrogens is 434 g/mol. The second-order valence-electron chi connectivity index (χ2n) is 7.18. The molecule has 13 heteroatoms. The summed E-state index contributed by atoms with van der Waals surface area (Å²) in [5.41, 5.74) is 9.96. The van der Waals surface area contributed by atoms with Gasteiger partial charge in [-0.15, -0.1) is 0 Å². The average molecular weight is 459 g/mol. The maximum absolute atomic E-state index is 10.5. The summed E-state index contributed by atoms with van der Waals surface area (Å²) in [5, 5.41) is 34.3. The molecule has 1 fully saturated rings. The van der Waals surface area contributed by atoms with E-state index in [4.69, 9.17) is 19.9 Å². The number of aromatic nitrogens is 4.